The number of rotatable bonds is 2. The van der Waals surface area contributed by atoms with Crippen LogP contribution >= 0.6 is 0 Å². The van der Waals surface area contributed by atoms with Gasteiger partial charge in [-0.3, -0.25) is 0 Å². The Morgan fingerprint density at radius 1 is 1.78 bits per heavy atom. The average molecular weight is 241 g/mol. The van der Waals surface area contributed by atoms with Crippen molar-refractivity contribution >= 4 is 0 Å². The Bertz CT molecular complexity index is 87.1. The van der Waals surface area contributed by atoms with Gasteiger partial charge in [-0.15, -0.1) is 0 Å². The molecule has 0 amide bonds. The van der Waals surface area contributed by atoms with Crippen LogP contribution in [0.5, 0.6) is 0 Å². The standard InChI is InChI=1S/C6H14IN2/c1-6-8-3-4-9(6)5-7-2/h6,8H,3-5H2,1-2H3/q-1. The Labute approximate surface area is 67.3 Å². The monoisotopic (exact) mass is 241 g/mol. The zero-order chi connectivity index (χ0) is 6.69. The molecule has 0 aromatic carbocycles. The summed E-state index contributed by atoms with van der Waals surface area (Å²) < 4.78 is 1.35. The Balaban J connectivity index is 2.22. The van der Waals surface area contributed by atoms with Crippen LogP contribution in [0, 0.1) is 0 Å². The molecule has 0 saturated carbocycles. The first-order valence-corrected chi connectivity index (χ1v) is 6.94. The van der Waals surface area contributed by atoms with Gasteiger partial charge in [0.15, 0.2) is 0 Å². The van der Waals surface area contributed by atoms with Gasteiger partial charge in [0.25, 0.3) is 0 Å². The van der Waals surface area contributed by atoms with Crippen LogP contribution in [0.1, 0.15) is 6.92 Å². The summed E-state index contributed by atoms with van der Waals surface area (Å²) in [6, 6.07) is 0. The first-order valence-electron chi connectivity index (χ1n) is 3.26. The predicted octanol–water partition coefficient (Wildman–Crippen LogP) is -3.09. The van der Waals surface area contributed by atoms with Crippen LogP contribution in [-0.2, 0) is 0 Å². The van der Waals surface area contributed by atoms with Gasteiger partial charge in [-0.05, 0) is 0 Å². The first-order chi connectivity index (χ1) is 4.34. The fourth-order valence-electron chi connectivity index (χ4n) is 1.06. The van der Waals surface area contributed by atoms with Gasteiger partial charge in [0.2, 0.25) is 0 Å². The molecule has 0 bridgehead atoms. The van der Waals surface area contributed by atoms with E-state index < -0.39 is 0 Å². The van der Waals surface area contributed by atoms with Gasteiger partial charge in [-0.1, -0.05) is 0 Å². The van der Waals surface area contributed by atoms with E-state index >= 15 is 0 Å². The SMILES string of the molecule is C[I-]CN1CCNC1C. The van der Waals surface area contributed by atoms with Crippen LogP contribution in [0.25, 0.3) is 0 Å². The van der Waals surface area contributed by atoms with Crippen LogP contribution in [0.15, 0.2) is 0 Å². The predicted molar refractivity (Wildman–Crippen MR) is 35.0 cm³/mol. The fraction of sp³-hybridized carbons (Fsp3) is 1.00. The van der Waals surface area contributed by atoms with E-state index in [1.165, 1.54) is 17.6 Å². The van der Waals surface area contributed by atoms with Crippen molar-refractivity contribution < 1.29 is 21.2 Å². The molecule has 56 valence electrons. The Kier molecular flexibility index (Phi) is 3.21. The quantitative estimate of drug-likeness (QED) is 0.313. The van der Waals surface area contributed by atoms with Crippen LogP contribution in [-0.4, -0.2) is 33.6 Å². The first kappa shape index (κ1) is 7.75. The Morgan fingerprint density at radius 3 is 3.00 bits per heavy atom. The molecule has 1 heterocycles. The number of hydrogen-bond donors (Lipinski definition) is 1. The third-order valence-electron chi connectivity index (χ3n) is 1.66. The topological polar surface area (TPSA) is 15.3 Å². The number of hydrogen-bond acceptors (Lipinski definition) is 2. The molecule has 2 nitrogen and oxygen atoms in total. The van der Waals surface area contributed by atoms with Crippen LogP contribution in [0.4, 0.5) is 0 Å². The summed E-state index contributed by atoms with van der Waals surface area (Å²) in [6.45, 7) is 4.69. The second kappa shape index (κ2) is 3.73. The molecule has 1 atom stereocenters. The second-order valence-corrected chi connectivity index (χ2v) is 4.54. The van der Waals surface area contributed by atoms with E-state index in [0.717, 1.165) is 0 Å². The molecular formula is C6H14IN2-. The summed E-state index contributed by atoms with van der Waals surface area (Å²) in [5, 5.41) is 3.40. The van der Waals surface area contributed by atoms with Crippen molar-refractivity contribution in [3.8, 4) is 0 Å². The summed E-state index contributed by atoms with van der Waals surface area (Å²) >= 11 is 0.453. The van der Waals surface area contributed by atoms with Gasteiger partial charge in [0.1, 0.15) is 0 Å². The molecule has 0 spiro atoms. The van der Waals surface area contributed by atoms with Crippen LogP contribution < -0.4 is 26.5 Å². The van der Waals surface area contributed by atoms with Crippen molar-refractivity contribution in [1.29, 1.82) is 0 Å². The molecule has 1 rings (SSSR count). The van der Waals surface area contributed by atoms with E-state index in [1.54, 1.807) is 0 Å². The minimum atomic E-state index is 0.453. The van der Waals surface area contributed by atoms with Crippen LogP contribution in [0.3, 0.4) is 0 Å². The average Bonchev–Trinajstić information content (AvgIpc) is 2.18. The Morgan fingerprint density at radius 2 is 2.56 bits per heavy atom. The molecule has 0 aliphatic carbocycles. The normalized spacial score (nSPS) is 29.8. The van der Waals surface area contributed by atoms with Crippen molar-refractivity contribution in [1.82, 2.24) is 10.2 Å². The summed E-state index contributed by atoms with van der Waals surface area (Å²) in [5.41, 5.74) is 0. The molecule has 1 aliphatic heterocycles. The third kappa shape index (κ3) is 2.05. The number of halogens is 1. The van der Waals surface area contributed by atoms with E-state index in [4.69, 9.17) is 0 Å². The summed E-state index contributed by atoms with van der Waals surface area (Å²) in [7, 11) is 0. The molecule has 1 unspecified atom stereocenters. The molecule has 9 heavy (non-hydrogen) atoms. The number of nitrogens with zero attached hydrogens (tertiary/aromatic N) is 1. The van der Waals surface area contributed by atoms with E-state index in [0.29, 0.717) is 27.4 Å². The Hall–Kier alpha value is 0.650. The maximum absolute atomic E-state index is 3.40. The second-order valence-electron chi connectivity index (χ2n) is 2.33. The zero-order valence-electron chi connectivity index (χ0n) is 6.02. The van der Waals surface area contributed by atoms with Crippen molar-refractivity contribution in [2.75, 3.05) is 22.6 Å². The van der Waals surface area contributed by atoms with Gasteiger partial charge >= 0.3 is 67.1 Å². The number of nitrogens with one attached hydrogen (secondary N) is 1. The third-order valence-corrected chi connectivity index (χ3v) is 3.22. The fourth-order valence-corrected chi connectivity index (χ4v) is 2.86. The molecule has 1 aliphatic rings. The number of alkyl halides is 2. The van der Waals surface area contributed by atoms with Crippen molar-refractivity contribution in [3.05, 3.63) is 0 Å². The molecule has 3 heteroatoms. The zero-order valence-corrected chi connectivity index (χ0v) is 8.18. The van der Waals surface area contributed by atoms with Gasteiger partial charge in [-0.2, -0.15) is 0 Å². The van der Waals surface area contributed by atoms with Gasteiger partial charge in [-0.25, -0.2) is 0 Å². The maximum atomic E-state index is 3.40. The molecule has 0 aromatic rings. The van der Waals surface area contributed by atoms with Crippen LogP contribution in [0.2, 0.25) is 0 Å². The van der Waals surface area contributed by atoms with Gasteiger partial charge < -0.3 is 0 Å². The molecule has 0 radical (unpaired) electrons. The molecule has 0 aromatic heterocycles. The molecule has 1 saturated heterocycles. The summed E-state index contributed by atoms with van der Waals surface area (Å²) in [5.74, 6) is 0. The minimum absolute atomic E-state index is 0.453. The van der Waals surface area contributed by atoms with E-state index in [2.05, 4.69) is 22.1 Å². The summed E-state index contributed by atoms with van der Waals surface area (Å²) in [4.78, 5) is 4.86. The molecule has 1 fully saturated rings. The summed E-state index contributed by atoms with van der Waals surface area (Å²) in [6.07, 6.45) is 0.643. The van der Waals surface area contributed by atoms with Gasteiger partial charge in [0, 0.05) is 0 Å². The van der Waals surface area contributed by atoms with Gasteiger partial charge in [0.05, 0.1) is 0 Å². The van der Waals surface area contributed by atoms with Crippen molar-refractivity contribution in [2.45, 2.75) is 13.1 Å². The van der Waals surface area contributed by atoms with Crippen molar-refractivity contribution in [2.24, 2.45) is 0 Å². The van der Waals surface area contributed by atoms with E-state index in [1.807, 2.05) is 0 Å². The van der Waals surface area contributed by atoms with E-state index in [-0.39, 0.29) is 0 Å². The molecular weight excluding hydrogens is 227 g/mol. The van der Waals surface area contributed by atoms with Crippen molar-refractivity contribution in [3.63, 3.8) is 0 Å². The molecule has 1 N–H and O–H groups in total. The van der Waals surface area contributed by atoms with E-state index in [9.17, 15) is 0 Å².